The second-order valence-electron chi connectivity index (χ2n) is 4.18. The number of hydrogen-bond donors (Lipinski definition) is 3. The first kappa shape index (κ1) is 12.9. The van der Waals surface area contributed by atoms with Crippen molar-refractivity contribution >= 4 is 33.8 Å². The Kier molecular flexibility index (Phi) is 3.86. The molecule has 0 fully saturated rings. The van der Waals surface area contributed by atoms with Crippen LogP contribution in [0.2, 0.25) is 0 Å². The Bertz CT molecular complexity index is 502. The van der Waals surface area contributed by atoms with Gasteiger partial charge in [-0.15, -0.1) is 0 Å². The monoisotopic (exact) mass is 267 g/mol. The highest BCUT2D eigenvalue weighted by Gasteiger charge is 2.19. The van der Waals surface area contributed by atoms with Gasteiger partial charge in [0.2, 0.25) is 5.91 Å². The third-order valence-corrected chi connectivity index (χ3v) is 4.17. The van der Waals surface area contributed by atoms with E-state index in [0.29, 0.717) is 30.2 Å². The molecule has 5 nitrogen and oxygen atoms in total. The molecule has 0 saturated heterocycles. The molecule has 1 amide bonds. The molecule has 0 aromatic heterocycles. The molecule has 0 aliphatic carbocycles. The van der Waals surface area contributed by atoms with Crippen molar-refractivity contribution in [2.75, 3.05) is 34.4 Å². The number of hydrogen-bond acceptors (Lipinski definition) is 4. The SMILES string of the molecule is CCS(=O)CCNc1cc2c(cc1N)CC(=O)N2. The lowest BCUT2D eigenvalue weighted by molar-refractivity contribution is -0.115. The minimum Gasteiger partial charge on any atom is -0.397 e. The van der Waals surface area contributed by atoms with Crippen molar-refractivity contribution in [2.24, 2.45) is 0 Å². The van der Waals surface area contributed by atoms with Crippen LogP contribution in [-0.4, -0.2) is 28.2 Å². The van der Waals surface area contributed by atoms with Gasteiger partial charge < -0.3 is 16.4 Å². The Morgan fingerprint density at radius 2 is 2.28 bits per heavy atom. The predicted octanol–water partition coefficient (Wildman–Crippen LogP) is 0.944. The van der Waals surface area contributed by atoms with Gasteiger partial charge in [-0.05, 0) is 17.7 Å². The van der Waals surface area contributed by atoms with Crippen molar-refractivity contribution in [2.45, 2.75) is 13.3 Å². The van der Waals surface area contributed by atoms with E-state index >= 15 is 0 Å². The minimum absolute atomic E-state index is 0.00589. The van der Waals surface area contributed by atoms with Crippen molar-refractivity contribution in [3.05, 3.63) is 17.7 Å². The molecular formula is C12H17N3O2S. The highest BCUT2D eigenvalue weighted by atomic mass is 32.2. The van der Waals surface area contributed by atoms with Crippen LogP contribution in [0, 0.1) is 0 Å². The number of nitrogen functional groups attached to an aromatic ring is 1. The molecule has 1 aromatic carbocycles. The van der Waals surface area contributed by atoms with Crippen molar-refractivity contribution in [3.8, 4) is 0 Å². The number of fused-ring (bicyclic) bond motifs is 1. The summed E-state index contributed by atoms with van der Waals surface area (Å²) in [5, 5.41) is 5.93. The fourth-order valence-corrected chi connectivity index (χ4v) is 2.51. The number of rotatable bonds is 5. The van der Waals surface area contributed by atoms with E-state index in [1.54, 1.807) is 0 Å². The van der Waals surface area contributed by atoms with Crippen LogP contribution in [0.5, 0.6) is 0 Å². The fourth-order valence-electron chi connectivity index (χ4n) is 1.89. The van der Waals surface area contributed by atoms with Crippen molar-refractivity contribution < 1.29 is 9.00 Å². The third-order valence-electron chi connectivity index (χ3n) is 2.87. The van der Waals surface area contributed by atoms with Gasteiger partial charge in [0.1, 0.15) is 0 Å². The Balaban J connectivity index is 2.03. The van der Waals surface area contributed by atoms with Crippen LogP contribution in [0.3, 0.4) is 0 Å². The van der Waals surface area contributed by atoms with Crippen molar-refractivity contribution in [1.29, 1.82) is 0 Å². The maximum atomic E-state index is 11.3. The predicted molar refractivity (Wildman–Crippen MR) is 75.2 cm³/mol. The van der Waals surface area contributed by atoms with E-state index in [2.05, 4.69) is 10.6 Å². The van der Waals surface area contributed by atoms with Crippen LogP contribution in [0.1, 0.15) is 12.5 Å². The Labute approximate surface area is 109 Å². The maximum absolute atomic E-state index is 11.3. The average molecular weight is 267 g/mol. The van der Waals surface area contributed by atoms with Crippen molar-refractivity contribution in [1.82, 2.24) is 0 Å². The van der Waals surface area contributed by atoms with Gasteiger partial charge in [-0.3, -0.25) is 9.00 Å². The number of nitrogens with two attached hydrogens (primary N) is 1. The van der Waals surface area contributed by atoms with Gasteiger partial charge in [-0.25, -0.2) is 0 Å². The van der Waals surface area contributed by atoms with E-state index in [1.807, 2.05) is 19.1 Å². The Morgan fingerprint density at radius 3 is 3.00 bits per heavy atom. The van der Waals surface area contributed by atoms with E-state index in [9.17, 15) is 9.00 Å². The first-order valence-corrected chi connectivity index (χ1v) is 7.40. The van der Waals surface area contributed by atoms with Gasteiger partial charge in [0.05, 0.1) is 17.8 Å². The zero-order chi connectivity index (χ0) is 13.1. The van der Waals surface area contributed by atoms with Crippen LogP contribution >= 0.6 is 0 Å². The van der Waals surface area contributed by atoms with E-state index in [0.717, 1.165) is 16.9 Å². The molecule has 0 radical (unpaired) electrons. The molecule has 18 heavy (non-hydrogen) atoms. The summed E-state index contributed by atoms with van der Waals surface area (Å²) in [6.45, 7) is 2.51. The zero-order valence-electron chi connectivity index (χ0n) is 10.3. The molecule has 2 rings (SSSR count). The minimum atomic E-state index is -0.785. The maximum Gasteiger partial charge on any atom is 0.228 e. The smallest absolute Gasteiger partial charge is 0.228 e. The fraction of sp³-hybridized carbons (Fsp3) is 0.417. The molecule has 0 saturated carbocycles. The third kappa shape index (κ3) is 2.81. The molecule has 1 heterocycles. The van der Waals surface area contributed by atoms with Gasteiger partial charge in [-0.2, -0.15) is 0 Å². The summed E-state index contributed by atoms with van der Waals surface area (Å²) in [6.07, 6.45) is 0.389. The van der Waals surface area contributed by atoms with Gasteiger partial charge in [0, 0.05) is 34.5 Å². The number of nitrogens with one attached hydrogen (secondary N) is 2. The van der Waals surface area contributed by atoms with Crippen LogP contribution < -0.4 is 16.4 Å². The van der Waals surface area contributed by atoms with Gasteiger partial charge in [-0.1, -0.05) is 6.92 Å². The summed E-state index contributed by atoms with van der Waals surface area (Å²) in [5.74, 6) is 1.25. The Hall–Kier alpha value is -1.56. The molecule has 6 heteroatoms. The molecule has 4 N–H and O–H groups in total. The molecule has 1 aliphatic heterocycles. The lowest BCUT2D eigenvalue weighted by Gasteiger charge is -2.11. The molecule has 1 atom stereocenters. The Morgan fingerprint density at radius 1 is 1.50 bits per heavy atom. The zero-order valence-corrected chi connectivity index (χ0v) is 11.1. The topological polar surface area (TPSA) is 84.2 Å². The summed E-state index contributed by atoms with van der Waals surface area (Å²) in [4.78, 5) is 11.3. The lowest BCUT2D eigenvalue weighted by atomic mass is 10.1. The molecule has 98 valence electrons. The molecule has 0 bridgehead atoms. The van der Waals surface area contributed by atoms with E-state index in [-0.39, 0.29) is 5.91 Å². The molecule has 1 aliphatic rings. The quantitative estimate of drug-likeness (QED) is 0.693. The molecular weight excluding hydrogens is 250 g/mol. The largest absolute Gasteiger partial charge is 0.397 e. The summed E-state index contributed by atoms with van der Waals surface area (Å²) < 4.78 is 11.3. The second-order valence-corrected chi connectivity index (χ2v) is 6.05. The molecule has 0 spiro atoms. The summed E-state index contributed by atoms with van der Waals surface area (Å²) in [6, 6.07) is 3.65. The number of amides is 1. The summed E-state index contributed by atoms with van der Waals surface area (Å²) >= 11 is 0. The number of anilines is 3. The van der Waals surface area contributed by atoms with Gasteiger partial charge in [0.15, 0.2) is 0 Å². The number of carbonyl (C=O) groups is 1. The van der Waals surface area contributed by atoms with E-state index in [1.165, 1.54) is 0 Å². The standard InChI is InChI=1S/C12H17N3O2S/c1-2-18(17)4-3-14-11-7-10-8(5-9(11)13)6-12(16)15-10/h5,7,14H,2-4,6,13H2,1H3,(H,15,16). The van der Waals surface area contributed by atoms with Gasteiger partial charge >= 0.3 is 0 Å². The molecule has 1 aromatic rings. The van der Waals surface area contributed by atoms with Crippen molar-refractivity contribution in [3.63, 3.8) is 0 Å². The van der Waals surface area contributed by atoms with E-state index < -0.39 is 10.8 Å². The summed E-state index contributed by atoms with van der Waals surface area (Å²) in [7, 11) is -0.785. The van der Waals surface area contributed by atoms with Crippen LogP contribution in [-0.2, 0) is 22.0 Å². The van der Waals surface area contributed by atoms with E-state index in [4.69, 9.17) is 5.73 Å². The summed E-state index contributed by atoms with van der Waals surface area (Å²) in [5.41, 5.74) is 9.05. The number of carbonyl (C=O) groups excluding carboxylic acids is 1. The second kappa shape index (κ2) is 5.39. The highest BCUT2D eigenvalue weighted by Crippen LogP contribution is 2.31. The highest BCUT2D eigenvalue weighted by molar-refractivity contribution is 7.84. The van der Waals surface area contributed by atoms with Crippen LogP contribution in [0.25, 0.3) is 0 Å². The normalized spacial score (nSPS) is 15.1. The van der Waals surface area contributed by atoms with Crippen LogP contribution in [0.4, 0.5) is 17.1 Å². The average Bonchev–Trinajstić information content (AvgIpc) is 2.68. The van der Waals surface area contributed by atoms with Gasteiger partial charge in [0.25, 0.3) is 0 Å². The first-order valence-electron chi connectivity index (χ1n) is 5.91. The first-order chi connectivity index (χ1) is 8.60. The number of benzene rings is 1. The molecule has 1 unspecified atom stereocenters. The van der Waals surface area contributed by atoms with Crippen LogP contribution in [0.15, 0.2) is 12.1 Å². The lowest BCUT2D eigenvalue weighted by Crippen LogP contribution is -2.13.